The zero-order chi connectivity index (χ0) is 11.8. The van der Waals surface area contributed by atoms with Gasteiger partial charge in [-0.3, -0.25) is 4.79 Å². The molecule has 2 atom stereocenters. The number of hydrogen-bond acceptors (Lipinski definition) is 2. The summed E-state index contributed by atoms with van der Waals surface area (Å²) < 4.78 is 0. The summed E-state index contributed by atoms with van der Waals surface area (Å²) in [7, 11) is 0. The molecule has 2 rings (SSSR count). The van der Waals surface area contributed by atoms with Crippen molar-refractivity contribution in [3.63, 3.8) is 0 Å². The molecule has 0 spiro atoms. The van der Waals surface area contributed by atoms with E-state index in [1.54, 1.807) is 0 Å². The molecule has 0 aliphatic carbocycles. The van der Waals surface area contributed by atoms with E-state index in [1.165, 1.54) is 12.8 Å². The number of nitrogens with one attached hydrogen (secondary N) is 1. The van der Waals surface area contributed by atoms with E-state index in [0.717, 1.165) is 26.2 Å². The number of likely N-dealkylation sites (tertiary alicyclic amines) is 1. The van der Waals surface area contributed by atoms with Gasteiger partial charge in [0, 0.05) is 19.0 Å². The predicted molar refractivity (Wildman–Crippen MR) is 72.4 cm³/mol. The monoisotopic (exact) mass is 260 g/mol. The Kier molecular flexibility index (Phi) is 4.85. The van der Waals surface area contributed by atoms with Crippen LogP contribution < -0.4 is 5.32 Å². The molecule has 100 valence electrons. The molecule has 2 heterocycles. The Bertz CT molecular complexity index is 281. The molecule has 2 aliphatic rings. The Morgan fingerprint density at radius 3 is 2.59 bits per heavy atom. The minimum Gasteiger partial charge on any atom is -0.342 e. The fourth-order valence-corrected chi connectivity index (χ4v) is 2.65. The molecule has 0 aromatic rings. The van der Waals surface area contributed by atoms with Crippen molar-refractivity contribution in [2.24, 2.45) is 17.3 Å². The zero-order valence-electron chi connectivity index (χ0n) is 11.2. The van der Waals surface area contributed by atoms with Crippen LogP contribution in [0.4, 0.5) is 0 Å². The lowest BCUT2D eigenvalue weighted by atomic mass is 9.86. The van der Waals surface area contributed by atoms with E-state index in [2.05, 4.69) is 31.0 Å². The summed E-state index contributed by atoms with van der Waals surface area (Å²) in [6.45, 7) is 10.6. The van der Waals surface area contributed by atoms with Gasteiger partial charge in [-0.25, -0.2) is 0 Å². The van der Waals surface area contributed by atoms with E-state index in [1.807, 2.05) is 0 Å². The topological polar surface area (TPSA) is 32.3 Å². The summed E-state index contributed by atoms with van der Waals surface area (Å²) in [6.07, 6.45) is 2.35. The van der Waals surface area contributed by atoms with Crippen LogP contribution >= 0.6 is 12.4 Å². The average molecular weight is 261 g/mol. The number of hydrogen-bond donors (Lipinski definition) is 1. The first-order chi connectivity index (χ1) is 7.56. The standard InChI is InChI=1S/C13H24N2O.ClH/c1-4-13(3)5-6-15(9-13)12(16)10(2)11-7-14-8-11;/h10-11,14H,4-9H2,1-3H3;1H. The summed E-state index contributed by atoms with van der Waals surface area (Å²) in [5, 5.41) is 3.24. The van der Waals surface area contributed by atoms with Crippen molar-refractivity contribution < 1.29 is 4.79 Å². The van der Waals surface area contributed by atoms with E-state index in [0.29, 0.717) is 17.2 Å². The normalized spacial score (nSPS) is 30.6. The number of carbonyl (C=O) groups is 1. The summed E-state index contributed by atoms with van der Waals surface area (Å²) in [4.78, 5) is 14.4. The van der Waals surface area contributed by atoms with Gasteiger partial charge in [-0.2, -0.15) is 0 Å². The molecule has 2 saturated heterocycles. The molecule has 0 aromatic heterocycles. The van der Waals surface area contributed by atoms with E-state index in [9.17, 15) is 4.79 Å². The fourth-order valence-electron chi connectivity index (χ4n) is 2.65. The van der Waals surface area contributed by atoms with Crippen molar-refractivity contribution in [2.75, 3.05) is 26.2 Å². The van der Waals surface area contributed by atoms with Gasteiger partial charge in [-0.15, -0.1) is 12.4 Å². The minimum absolute atomic E-state index is 0. The molecule has 1 amide bonds. The molecule has 0 aromatic carbocycles. The van der Waals surface area contributed by atoms with Crippen molar-refractivity contribution >= 4 is 18.3 Å². The average Bonchev–Trinajstić information content (AvgIpc) is 2.58. The Labute approximate surface area is 111 Å². The van der Waals surface area contributed by atoms with Gasteiger partial charge in [0.05, 0.1) is 0 Å². The van der Waals surface area contributed by atoms with Gasteiger partial charge >= 0.3 is 0 Å². The van der Waals surface area contributed by atoms with E-state index in [4.69, 9.17) is 0 Å². The second-order valence-corrected chi connectivity index (χ2v) is 5.88. The molecule has 17 heavy (non-hydrogen) atoms. The van der Waals surface area contributed by atoms with Crippen molar-refractivity contribution in [1.29, 1.82) is 0 Å². The Balaban J connectivity index is 0.00000144. The summed E-state index contributed by atoms with van der Waals surface area (Å²) in [5.74, 6) is 1.16. The van der Waals surface area contributed by atoms with Gasteiger partial charge in [-0.05, 0) is 37.3 Å². The maximum atomic E-state index is 12.3. The highest BCUT2D eigenvalue weighted by atomic mass is 35.5. The van der Waals surface area contributed by atoms with Crippen LogP contribution in [0.5, 0.6) is 0 Å². The predicted octanol–water partition coefficient (Wildman–Crippen LogP) is 1.91. The molecule has 2 fully saturated rings. The summed E-state index contributed by atoms with van der Waals surface area (Å²) in [6, 6.07) is 0. The van der Waals surface area contributed by atoms with Crippen molar-refractivity contribution in [3.05, 3.63) is 0 Å². The van der Waals surface area contributed by atoms with Crippen LogP contribution in [0.1, 0.15) is 33.6 Å². The molecular formula is C13H25ClN2O. The highest BCUT2D eigenvalue weighted by molar-refractivity contribution is 5.85. The van der Waals surface area contributed by atoms with Crippen LogP contribution in [0, 0.1) is 17.3 Å². The van der Waals surface area contributed by atoms with Gasteiger partial charge in [-0.1, -0.05) is 20.8 Å². The lowest BCUT2D eigenvalue weighted by Crippen LogP contribution is -2.50. The van der Waals surface area contributed by atoms with Gasteiger partial charge in [0.25, 0.3) is 0 Å². The van der Waals surface area contributed by atoms with E-state index >= 15 is 0 Å². The van der Waals surface area contributed by atoms with E-state index in [-0.39, 0.29) is 18.3 Å². The van der Waals surface area contributed by atoms with E-state index < -0.39 is 0 Å². The van der Waals surface area contributed by atoms with Crippen molar-refractivity contribution in [2.45, 2.75) is 33.6 Å². The van der Waals surface area contributed by atoms with Crippen LogP contribution in [0.2, 0.25) is 0 Å². The first-order valence-corrected chi connectivity index (χ1v) is 6.55. The highest BCUT2D eigenvalue weighted by Crippen LogP contribution is 2.34. The zero-order valence-corrected chi connectivity index (χ0v) is 12.0. The quantitative estimate of drug-likeness (QED) is 0.841. The molecule has 0 radical (unpaired) electrons. The second-order valence-electron chi connectivity index (χ2n) is 5.88. The lowest BCUT2D eigenvalue weighted by molar-refractivity contribution is -0.136. The lowest BCUT2D eigenvalue weighted by Gasteiger charge is -2.34. The highest BCUT2D eigenvalue weighted by Gasteiger charge is 2.38. The fraction of sp³-hybridized carbons (Fsp3) is 0.923. The largest absolute Gasteiger partial charge is 0.342 e. The third-order valence-corrected chi connectivity index (χ3v) is 4.63. The van der Waals surface area contributed by atoms with Gasteiger partial charge in [0.15, 0.2) is 0 Å². The van der Waals surface area contributed by atoms with Crippen LogP contribution in [-0.2, 0) is 4.79 Å². The maximum absolute atomic E-state index is 12.3. The summed E-state index contributed by atoms with van der Waals surface area (Å²) in [5.41, 5.74) is 0.368. The van der Waals surface area contributed by atoms with Crippen LogP contribution in [-0.4, -0.2) is 37.0 Å². The number of rotatable bonds is 3. The van der Waals surface area contributed by atoms with Gasteiger partial charge in [0.2, 0.25) is 5.91 Å². The number of amides is 1. The van der Waals surface area contributed by atoms with Crippen molar-refractivity contribution in [3.8, 4) is 0 Å². The first kappa shape index (κ1) is 14.8. The Morgan fingerprint density at radius 1 is 1.53 bits per heavy atom. The molecule has 4 heteroatoms. The second kappa shape index (κ2) is 5.57. The number of nitrogens with zero attached hydrogens (tertiary/aromatic N) is 1. The molecular weight excluding hydrogens is 236 g/mol. The Hall–Kier alpha value is -0.280. The Morgan fingerprint density at radius 2 is 2.18 bits per heavy atom. The third-order valence-electron chi connectivity index (χ3n) is 4.63. The van der Waals surface area contributed by atoms with Gasteiger partial charge < -0.3 is 10.2 Å². The van der Waals surface area contributed by atoms with Crippen LogP contribution in [0.3, 0.4) is 0 Å². The molecule has 2 unspecified atom stereocenters. The number of halogens is 1. The SMILES string of the molecule is CCC1(C)CCN(C(=O)C(C)C2CNC2)C1.Cl. The first-order valence-electron chi connectivity index (χ1n) is 6.55. The third kappa shape index (κ3) is 2.94. The molecule has 0 saturated carbocycles. The van der Waals surface area contributed by atoms with Gasteiger partial charge in [0.1, 0.15) is 0 Å². The van der Waals surface area contributed by atoms with Crippen LogP contribution in [0.15, 0.2) is 0 Å². The molecule has 1 N–H and O–H groups in total. The number of carbonyl (C=O) groups excluding carboxylic acids is 1. The molecule has 0 bridgehead atoms. The molecule has 3 nitrogen and oxygen atoms in total. The van der Waals surface area contributed by atoms with Crippen molar-refractivity contribution in [1.82, 2.24) is 10.2 Å². The van der Waals surface area contributed by atoms with Crippen LogP contribution in [0.25, 0.3) is 0 Å². The smallest absolute Gasteiger partial charge is 0.225 e. The minimum atomic E-state index is 0. The maximum Gasteiger partial charge on any atom is 0.225 e. The summed E-state index contributed by atoms with van der Waals surface area (Å²) >= 11 is 0. The molecule has 2 aliphatic heterocycles.